The standard InChI is InChI=1S/C27H26N2O5S/c30-26(31)15-14-23-21-10-5-4-9-20(21)22-13-12-18(17-24(22)23)28-27(32)25-11-6-16-29(25)35(33,34)19-7-2-1-3-8-19/h1-5,7-10,12-13,17,23,25H,6,11,14-16H2,(H,28,32)(H,30,31)/t23?,25-/m0/s1. The fourth-order valence-corrected chi connectivity index (χ4v) is 6.89. The topological polar surface area (TPSA) is 104 Å². The van der Waals surface area contributed by atoms with Gasteiger partial charge in [0.25, 0.3) is 0 Å². The van der Waals surface area contributed by atoms with Gasteiger partial charge in [-0.25, -0.2) is 8.42 Å². The number of aliphatic carboxylic acids is 1. The highest BCUT2D eigenvalue weighted by Gasteiger charge is 2.39. The molecule has 1 aliphatic heterocycles. The van der Waals surface area contributed by atoms with Gasteiger partial charge in [-0.2, -0.15) is 4.31 Å². The Morgan fingerprint density at radius 1 is 0.943 bits per heavy atom. The summed E-state index contributed by atoms with van der Waals surface area (Å²) < 4.78 is 27.6. The summed E-state index contributed by atoms with van der Waals surface area (Å²) in [4.78, 5) is 24.6. The van der Waals surface area contributed by atoms with Crippen LogP contribution in [0, 0.1) is 0 Å². The first-order chi connectivity index (χ1) is 16.9. The van der Waals surface area contributed by atoms with Crippen LogP contribution in [0.3, 0.4) is 0 Å². The molecule has 2 N–H and O–H groups in total. The van der Waals surface area contributed by atoms with Crippen LogP contribution in [0.15, 0.2) is 77.7 Å². The maximum atomic E-state index is 13.2. The molecule has 1 saturated heterocycles. The number of carboxylic acids is 1. The van der Waals surface area contributed by atoms with Crippen molar-refractivity contribution in [3.05, 3.63) is 83.9 Å². The molecule has 0 aromatic heterocycles. The summed E-state index contributed by atoms with van der Waals surface area (Å²) in [6.45, 7) is 0.298. The molecule has 1 unspecified atom stereocenters. The Labute approximate surface area is 204 Å². The van der Waals surface area contributed by atoms with E-state index in [1.165, 1.54) is 16.4 Å². The predicted octanol–water partition coefficient (Wildman–Crippen LogP) is 4.46. The highest BCUT2D eigenvalue weighted by molar-refractivity contribution is 7.89. The number of hydrogen-bond donors (Lipinski definition) is 2. The molecule has 5 rings (SSSR count). The van der Waals surface area contributed by atoms with Gasteiger partial charge in [-0.05, 0) is 65.8 Å². The highest BCUT2D eigenvalue weighted by atomic mass is 32.2. The molecular weight excluding hydrogens is 464 g/mol. The number of carbonyl (C=O) groups is 2. The van der Waals surface area contributed by atoms with Crippen molar-refractivity contribution in [1.82, 2.24) is 4.31 Å². The van der Waals surface area contributed by atoms with Gasteiger partial charge in [0, 0.05) is 24.6 Å². The monoisotopic (exact) mass is 490 g/mol. The van der Waals surface area contributed by atoms with Crippen molar-refractivity contribution in [1.29, 1.82) is 0 Å². The third-order valence-corrected chi connectivity index (χ3v) is 8.75. The second kappa shape index (κ2) is 9.28. The number of carboxylic acid groups (broad SMARTS) is 1. The Morgan fingerprint density at radius 2 is 1.66 bits per heavy atom. The maximum absolute atomic E-state index is 13.2. The lowest BCUT2D eigenvalue weighted by Gasteiger charge is -2.23. The number of nitrogens with one attached hydrogen (secondary N) is 1. The Kier molecular flexibility index (Phi) is 6.17. The van der Waals surface area contributed by atoms with E-state index in [1.807, 2.05) is 42.5 Å². The second-order valence-corrected chi connectivity index (χ2v) is 10.8. The molecular formula is C27H26N2O5S. The molecule has 1 aliphatic carbocycles. The van der Waals surface area contributed by atoms with E-state index in [2.05, 4.69) is 5.32 Å². The average molecular weight is 491 g/mol. The zero-order valence-corrected chi connectivity index (χ0v) is 19.9. The molecule has 1 heterocycles. The van der Waals surface area contributed by atoms with Crippen LogP contribution in [0.25, 0.3) is 11.1 Å². The largest absolute Gasteiger partial charge is 0.481 e. The molecule has 0 radical (unpaired) electrons. The summed E-state index contributed by atoms with van der Waals surface area (Å²) in [6, 6.07) is 21.0. The van der Waals surface area contributed by atoms with Crippen molar-refractivity contribution in [2.75, 3.05) is 11.9 Å². The van der Waals surface area contributed by atoms with Gasteiger partial charge < -0.3 is 10.4 Å². The van der Waals surface area contributed by atoms with Crippen molar-refractivity contribution in [2.24, 2.45) is 0 Å². The number of amides is 1. The molecule has 0 bridgehead atoms. The van der Waals surface area contributed by atoms with E-state index >= 15 is 0 Å². The highest BCUT2D eigenvalue weighted by Crippen LogP contribution is 2.47. The first-order valence-electron chi connectivity index (χ1n) is 11.7. The lowest BCUT2D eigenvalue weighted by molar-refractivity contribution is -0.137. The molecule has 8 heteroatoms. The zero-order valence-electron chi connectivity index (χ0n) is 19.1. The van der Waals surface area contributed by atoms with Gasteiger partial charge >= 0.3 is 5.97 Å². The number of carbonyl (C=O) groups excluding carboxylic acids is 1. The molecule has 7 nitrogen and oxygen atoms in total. The number of hydrogen-bond acceptors (Lipinski definition) is 4. The van der Waals surface area contributed by atoms with E-state index in [1.54, 1.807) is 18.2 Å². The quantitative estimate of drug-likeness (QED) is 0.509. The van der Waals surface area contributed by atoms with Crippen molar-refractivity contribution in [3.8, 4) is 11.1 Å². The molecule has 180 valence electrons. The summed E-state index contributed by atoms with van der Waals surface area (Å²) in [5.74, 6) is -1.28. The summed E-state index contributed by atoms with van der Waals surface area (Å²) >= 11 is 0. The van der Waals surface area contributed by atoms with Crippen LogP contribution in [0.4, 0.5) is 5.69 Å². The van der Waals surface area contributed by atoms with Gasteiger partial charge in [-0.3, -0.25) is 9.59 Å². The Bertz CT molecular complexity index is 1390. The predicted molar refractivity (Wildman–Crippen MR) is 133 cm³/mol. The fraction of sp³-hybridized carbons (Fsp3) is 0.259. The molecule has 3 aromatic carbocycles. The molecule has 3 aromatic rings. The SMILES string of the molecule is O=C(O)CCC1c2ccccc2-c2ccc(NC(=O)[C@@H]3CCCN3S(=O)(=O)c3ccccc3)cc21. The van der Waals surface area contributed by atoms with Gasteiger partial charge in [0.2, 0.25) is 15.9 Å². The number of rotatable bonds is 7. The van der Waals surface area contributed by atoms with Crippen LogP contribution < -0.4 is 5.32 Å². The molecule has 35 heavy (non-hydrogen) atoms. The second-order valence-electron chi connectivity index (χ2n) is 8.95. The Balaban J connectivity index is 1.39. The van der Waals surface area contributed by atoms with Crippen molar-refractivity contribution < 1.29 is 23.1 Å². The zero-order chi connectivity index (χ0) is 24.6. The molecule has 2 atom stereocenters. The van der Waals surface area contributed by atoms with Crippen LogP contribution in [0.2, 0.25) is 0 Å². The third-order valence-electron chi connectivity index (χ3n) is 6.82. The van der Waals surface area contributed by atoms with Crippen LogP contribution in [-0.4, -0.2) is 42.3 Å². The lowest BCUT2D eigenvalue weighted by Crippen LogP contribution is -2.43. The lowest BCUT2D eigenvalue weighted by atomic mass is 9.92. The molecule has 1 amide bonds. The van der Waals surface area contributed by atoms with Crippen LogP contribution in [0.1, 0.15) is 42.7 Å². The number of anilines is 1. The number of fused-ring (bicyclic) bond motifs is 3. The van der Waals surface area contributed by atoms with Crippen molar-refractivity contribution in [3.63, 3.8) is 0 Å². The first-order valence-corrected chi connectivity index (χ1v) is 13.1. The summed E-state index contributed by atoms with van der Waals surface area (Å²) in [7, 11) is -3.78. The summed E-state index contributed by atoms with van der Waals surface area (Å²) in [6.07, 6.45) is 1.57. The minimum Gasteiger partial charge on any atom is -0.481 e. The number of nitrogens with zero attached hydrogens (tertiary/aromatic N) is 1. The van der Waals surface area contributed by atoms with Gasteiger partial charge in [0.05, 0.1) is 4.90 Å². The number of sulfonamides is 1. The third kappa shape index (κ3) is 4.35. The van der Waals surface area contributed by atoms with E-state index in [4.69, 9.17) is 0 Å². The van der Waals surface area contributed by atoms with Crippen LogP contribution in [-0.2, 0) is 19.6 Å². The minimum absolute atomic E-state index is 0.0450. The average Bonchev–Trinajstić information content (AvgIpc) is 3.47. The normalized spacial score (nSPS) is 19.2. The fourth-order valence-electron chi connectivity index (χ4n) is 5.21. The molecule has 0 saturated carbocycles. The van der Waals surface area contributed by atoms with E-state index in [9.17, 15) is 23.1 Å². The smallest absolute Gasteiger partial charge is 0.303 e. The molecule has 1 fully saturated rings. The van der Waals surface area contributed by atoms with Gasteiger partial charge in [0.15, 0.2) is 0 Å². The van der Waals surface area contributed by atoms with Crippen molar-refractivity contribution >= 4 is 27.6 Å². The van der Waals surface area contributed by atoms with E-state index in [-0.39, 0.29) is 23.1 Å². The molecule has 0 spiro atoms. The van der Waals surface area contributed by atoms with Crippen LogP contribution >= 0.6 is 0 Å². The van der Waals surface area contributed by atoms with Crippen molar-refractivity contribution in [2.45, 2.75) is 42.5 Å². The maximum Gasteiger partial charge on any atom is 0.303 e. The first kappa shape index (κ1) is 23.3. The Hall–Kier alpha value is -3.49. The molecule has 2 aliphatic rings. The minimum atomic E-state index is -3.78. The van der Waals surface area contributed by atoms with Gasteiger partial charge in [-0.15, -0.1) is 0 Å². The number of benzene rings is 3. The van der Waals surface area contributed by atoms with Gasteiger partial charge in [0.1, 0.15) is 6.04 Å². The van der Waals surface area contributed by atoms with E-state index in [0.717, 1.165) is 22.3 Å². The van der Waals surface area contributed by atoms with E-state index in [0.29, 0.717) is 31.5 Å². The van der Waals surface area contributed by atoms with Gasteiger partial charge in [-0.1, -0.05) is 48.5 Å². The summed E-state index contributed by atoms with van der Waals surface area (Å²) in [5, 5.41) is 12.1. The van der Waals surface area contributed by atoms with Crippen LogP contribution in [0.5, 0.6) is 0 Å². The van der Waals surface area contributed by atoms with E-state index < -0.39 is 22.0 Å². The Morgan fingerprint density at radius 3 is 2.43 bits per heavy atom. The summed E-state index contributed by atoms with van der Waals surface area (Å²) in [5.41, 5.74) is 4.74.